The van der Waals surface area contributed by atoms with Crippen LogP contribution in [-0.4, -0.2) is 55.4 Å². The van der Waals surface area contributed by atoms with Gasteiger partial charge in [-0.2, -0.15) is 0 Å². The van der Waals surface area contributed by atoms with Crippen molar-refractivity contribution in [2.75, 3.05) is 33.4 Å². The summed E-state index contributed by atoms with van der Waals surface area (Å²) >= 11 is 6.07. The van der Waals surface area contributed by atoms with Crippen LogP contribution in [0.15, 0.2) is 18.2 Å². The highest BCUT2D eigenvalue weighted by Crippen LogP contribution is 2.25. The molecule has 1 heterocycles. The first-order valence-electron chi connectivity index (χ1n) is 6.96. The zero-order chi connectivity index (χ0) is 15.2. The lowest BCUT2D eigenvalue weighted by atomic mass is 10.1. The van der Waals surface area contributed by atoms with Crippen molar-refractivity contribution in [2.45, 2.75) is 18.9 Å². The monoisotopic (exact) mass is 313 g/mol. The van der Waals surface area contributed by atoms with Gasteiger partial charge in [0.05, 0.1) is 31.5 Å². The van der Waals surface area contributed by atoms with Gasteiger partial charge in [-0.3, -0.25) is 4.79 Å². The third-order valence-corrected chi connectivity index (χ3v) is 3.83. The van der Waals surface area contributed by atoms with Crippen LogP contribution in [0.1, 0.15) is 12.0 Å². The van der Waals surface area contributed by atoms with E-state index in [0.29, 0.717) is 43.3 Å². The van der Waals surface area contributed by atoms with E-state index in [1.807, 2.05) is 12.1 Å². The molecule has 1 aliphatic rings. The van der Waals surface area contributed by atoms with Gasteiger partial charge >= 0.3 is 0 Å². The number of carbonyl (C=O) groups is 1. The Bertz CT molecular complexity index is 495. The van der Waals surface area contributed by atoms with Crippen LogP contribution in [0.25, 0.3) is 0 Å². The number of hydrogen-bond acceptors (Lipinski definition) is 4. The van der Waals surface area contributed by atoms with Crippen molar-refractivity contribution >= 4 is 17.5 Å². The first kappa shape index (κ1) is 16.1. The van der Waals surface area contributed by atoms with Crippen molar-refractivity contribution in [2.24, 2.45) is 0 Å². The molecule has 2 rings (SSSR count). The second-order valence-corrected chi connectivity index (χ2v) is 5.39. The summed E-state index contributed by atoms with van der Waals surface area (Å²) in [6.07, 6.45) is 0.781. The van der Waals surface area contributed by atoms with E-state index in [4.69, 9.17) is 26.2 Å². The number of morpholine rings is 1. The molecule has 0 aliphatic carbocycles. The number of amides is 1. The Balaban J connectivity index is 1.87. The van der Waals surface area contributed by atoms with Crippen molar-refractivity contribution in [1.29, 1.82) is 0 Å². The summed E-state index contributed by atoms with van der Waals surface area (Å²) in [4.78, 5) is 13.9. The molecule has 21 heavy (non-hydrogen) atoms. The third kappa shape index (κ3) is 4.33. The summed E-state index contributed by atoms with van der Waals surface area (Å²) in [7, 11) is 1.57. The predicted octanol–water partition coefficient (Wildman–Crippen LogP) is 1.50. The Kier molecular flexibility index (Phi) is 5.85. The fourth-order valence-corrected chi connectivity index (χ4v) is 2.61. The number of aliphatic hydroxyl groups excluding tert-OH is 1. The van der Waals surface area contributed by atoms with Gasteiger partial charge in [-0.1, -0.05) is 17.7 Å². The van der Waals surface area contributed by atoms with Crippen LogP contribution >= 0.6 is 11.6 Å². The summed E-state index contributed by atoms with van der Waals surface area (Å²) < 4.78 is 10.4. The van der Waals surface area contributed by atoms with Gasteiger partial charge in [0.2, 0.25) is 5.91 Å². The van der Waals surface area contributed by atoms with Crippen molar-refractivity contribution in [1.82, 2.24) is 4.90 Å². The Morgan fingerprint density at radius 1 is 1.57 bits per heavy atom. The number of ether oxygens (including phenoxy) is 2. The Hall–Kier alpha value is -1.30. The van der Waals surface area contributed by atoms with Crippen LogP contribution in [0.2, 0.25) is 5.02 Å². The fraction of sp³-hybridized carbons (Fsp3) is 0.533. The summed E-state index contributed by atoms with van der Waals surface area (Å²) in [5.74, 6) is 0.703. The molecule has 1 unspecified atom stereocenters. The van der Waals surface area contributed by atoms with E-state index in [1.54, 1.807) is 18.1 Å². The van der Waals surface area contributed by atoms with Gasteiger partial charge < -0.3 is 19.5 Å². The number of aliphatic hydroxyl groups is 1. The van der Waals surface area contributed by atoms with Crippen molar-refractivity contribution in [3.63, 3.8) is 0 Å². The van der Waals surface area contributed by atoms with E-state index in [2.05, 4.69) is 0 Å². The smallest absolute Gasteiger partial charge is 0.223 e. The van der Waals surface area contributed by atoms with Crippen LogP contribution in [0.4, 0.5) is 0 Å². The van der Waals surface area contributed by atoms with Gasteiger partial charge in [0, 0.05) is 19.5 Å². The van der Waals surface area contributed by atoms with E-state index >= 15 is 0 Å². The van der Waals surface area contributed by atoms with E-state index < -0.39 is 0 Å². The SMILES string of the molecule is COc1ccc(CCC(=O)N2CCOC(CO)C2)cc1Cl. The predicted molar refractivity (Wildman–Crippen MR) is 79.7 cm³/mol. The van der Waals surface area contributed by atoms with Crippen LogP contribution in [0.3, 0.4) is 0 Å². The molecular weight excluding hydrogens is 294 g/mol. The number of nitrogens with zero attached hydrogens (tertiary/aromatic N) is 1. The number of rotatable bonds is 5. The highest BCUT2D eigenvalue weighted by atomic mass is 35.5. The Morgan fingerprint density at radius 2 is 2.38 bits per heavy atom. The molecule has 6 heteroatoms. The van der Waals surface area contributed by atoms with Crippen LogP contribution in [0, 0.1) is 0 Å². The van der Waals surface area contributed by atoms with Gasteiger partial charge in [-0.05, 0) is 24.1 Å². The zero-order valence-corrected chi connectivity index (χ0v) is 12.8. The number of aryl methyl sites for hydroxylation is 1. The topological polar surface area (TPSA) is 59.0 Å². The normalized spacial score (nSPS) is 18.6. The Labute approximate surface area is 129 Å². The minimum atomic E-state index is -0.266. The molecule has 1 atom stereocenters. The van der Waals surface area contributed by atoms with E-state index in [1.165, 1.54) is 0 Å². The van der Waals surface area contributed by atoms with Crippen LogP contribution in [-0.2, 0) is 16.0 Å². The molecule has 1 saturated heterocycles. The lowest BCUT2D eigenvalue weighted by molar-refractivity contribution is -0.140. The average Bonchev–Trinajstić information content (AvgIpc) is 2.52. The quantitative estimate of drug-likeness (QED) is 0.895. The molecule has 1 fully saturated rings. The molecule has 116 valence electrons. The number of halogens is 1. The van der Waals surface area contributed by atoms with Crippen molar-refractivity contribution < 1.29 is 19.4 Å². The Morgan fingerprint density at radius 3 is 3.05 bits per heavy atom. The molecule has 0 bridgehead atoms. The molecule has 5 nitrogen and oxygen atoms in total. The molecule has 0 spiro atoms. The number of methoxy groups -OCH3 is 1. The largest absolute Gasteiger partial charge is 0.495 e. The lowest BCUT2D eigenvalue weighted by Crippen LogP contribution is -2.46. The third-order valence-electron chi connectivity index (χ3n) is 3.54. The summed E-state index contributed by atoms with van der Waals surface area (Å²) in [6, 6.07) is 5.54. The summed E-state index contributed by atoms with van der Waals surface area (Å²) in [6.45, 7) is 1.46. The molecule has 1 aromatic rings. The fourth-order valence-electron chi connectivity index (χ4n) is 2.33. The number of carbonyl (C=O) groups excluding carboxylic acids is 1. The molecule has 1 amide bonds. The molecule has 1 aliphatic heterocycles. The molecule has 1 N–H and O–H groups in total. The van der Waals surface area contributed by atoms with Gasteiger partial charge in [0.1, 0.15) is 5.75 Å². The summed E-state index contributed by atoms with van der Waals surface area (Å²) in [5, 5.41) is 9.64. The first-order chi connectivity index (χ1) is 10.1. The first-order valence-corrected chi connectivity index (χ1v) is 7.34. The minimum absolute atomic E-state index is 0.0577. The lowest BCUT2D eigenvalue weighted by Gasteiger charge is -2.32. The second kappa shape index (κ2) is 7.64. The van der Waals surface area contributed by atoms with E-state index in [-0.39, 0.29) is 18.6 Å². The van der Waals surface area contributed by atoms with E-state index in [0.717, 1.165) is 5.56 Å². The maximum atomic E-state index is 12.2. The highest BCUT2D eigenvalue weighted by Gasteiger charge is 2.23. The van der Waals surface area contributed by atoms with Gasteiger partial charge in [-0.25, -0.2) is 0 Å². The second-order valence-electron chi connectivity index (χ2n) is 4.98. The summed E-state index contributed by atoms with van der Waals surface area (Å²) in [5.41, 5.74) is 1.00. The molecule has 0 aromatic heterocycles. The maximum absolute atomic E-state index is 12.2. The molecular formula is C15H20ClNO4. The number of benzene rings is 1. The highest BCUT2D eigenvalue weighted by molar-refractivity contribution is 6.32. The molecule has 1 aromatic carbocycles. The van der Waals surface area contributed by atoms with Crippen molar-refractivity contribution in [3.05, 3.63) is 28.8 Å². The zero-order valence-electron chi connectivity index (χ0n) is 12.0. The number of hydrogen-bond donors (Lipinski definition) is 1. The maximum Gasteiger partial charge on any atom is 0.223 e. The van der Waals surface area contributed by atoms with Gasteiger partial charge in [-0.15, -0.1) is 0 Å². The van der Waals surface area contributed by atoms with Gasteiger partial charge in [0.25, 0.3) is 0 Å². The van der Waals surface area contributed by atoms with Crippen molar-refractivity contribution in [3.8, 4) is 5.75 Å². The standard InChI is InChI=1S/C15H20ClNO4/c1-20-14-4-2-11(8-13(14)16)3-5-15(19)17-6-7-21-12(9-17)10-18/h2,4,8,12,18H,3,5-7,9-10H2,1H3. The minimum Gasteiger partial charge on any atom is -0.495 e. The molecule has 0 radical (unpaired) electrons. The van der Waals surface area contributed by atoms with Gasteiger partial charge in [0.15, 0.2) is 0 Å². The van der Waals surface area contributed by atoms with Crippen LogP contribution < -0.4 is 4.74 Å². The average molecular weight is 314 g/mol. The van der Waals surface area contributed by atoms with E-state index in [9.17, 15) is 4.79 Å². The van der Waals surface area contributed by atoms with Crippen LogP contribution in [0.5, 0.6) is 5.75 Å². The molecule has 0 saturated carbocycles.